The van der Waals surface area contributed by atoms with E-state index in [2.05, 4.69) is 26.2 Å². The van der Waals surface area contributed by atoms with E-state index < -0.39 is 5.97 Å². The van der Waals surface area contributed by atoms with E-state index in [4.69, 9.17) is 22.4 Å². The highest BCUT2D eigenvalue weighted by Gasteiger charge is 2.12. The van der Waals surface area contributed by atoms with Gasteiger partial charge in [0.2, 0.25) is 0 Å². The number of nitrogens with two attached hydrogens (primary N) is 1. The minimum absolute atomic E-state index is 0.000888. The van der Waals surface area contributed by atoms with Crippen molar-refractivity contribution >= 4 is 50.7 Å². The zero-order valence-electron chi connectivity index (χ0n) is 9.52. The van der Waals surface area contributed by atoms with Crippen LogP contribution in [0.25, 0.3) is 0 Å². The van der Waals surface area contributed by atoms with Crippen molar-refractivity contribution in [3.63, 3.8) is 0 Å². The predicted octanol–water partition coefficient (Wildman–Crippen LogP) is 3.52. The molecular formula is C12H9BrClN3O2. The van der Waals surface area contributed by atoms with Crippen LogP contribution < -0.4 is 11.1 Å². The van der Waals surface area contributed by atoms with Gasteiger partial charge in [-0.2, -0.15) is 0 Å². The van der Waals surface area contributed by atoms with Crippen LogP contribution in [0, 0.1) is 0 Å². The van der Waals surface area contributed by atoms with Crippen LogP contribution >= 0.6 is 27.5 Å². The van der Waals surface area contributed by atoms with Gasteiger partial charge in [0.25, 0.3) is 0 Å². The average Bonchev–Trinajstić information content (AvgIpc) is 2.36. The van der Waals surface area contributed by atoms with Gasteiger partial charge in [0.05, 0.1) is 16.9 Å². The summed E-state index contributed by atoms with van der Waals surface area (Å²) in [6.45, 7) is 0. The van der Waals surface area contributed by atoms with Gasteiger partial charge in [-0.25, -0.2) is 9.78 Å². The predicted molar refractivity (Wildman–Crippen MR) is 78.0 cm³/mol. The van der Waals surface area contributed by atoms with Crippen molar-refractivity contribution in [2.24, 2.45) is 0 Å². The molecule has 0 aliphatic heterocycles. The number of benzene rings is 1. The molecule has 0 radical (unpaired) electrons. The van der Waals surface area contributed by atoms with Crippen LogP contribution in [0.15, 0.2) is 34.9 Å². The minimum Gasteiger partial charge on any atom is -0.478 e. The van der Waals surface area contributed by atoms with Gasteiger partial charge in [0, 0.05) is 10.2 Å². The van der Waals surface area contributed by atoms with E-state index >= 15 is 0 Å². The van der Waals surface area contributed by atoms with E-state index in [0.29, 0.717) is 10.7 Å². The summed E-state index contributed by atoms with van der Waals surface area (Å²) < 4.78 is 0.753. The van der Waals surface area contributed by atoms with Crippen molar-refractivity contribution in [2.75, 3.05) is 11.1 Å². The molecule has 0 bridgehead atoms. The van der Waals surface area contributed by atoms with Gasteiger partial charge in [-0.15, -0.1) is 0 Å². The Morgan fingerprint density at radius 1 is 1.42 bits per heavy atom. The first-order chi connectivity index (χ1) is 8.97. The smallest absolute Gasteiger partial charge is 0.339 e. The van der Waals surface area contributed by atoms with E-state index in [9.17, 15) is 4.79 Å². The van der Waals surface area contributed by atoms with Crippen LogP contribution in [0.1, 0.15) is 10.4 Å². The van der Waals surface area contributed by atoms with Crippen molar-refractivity contribution in [3.8, 4) is 0 Å². The SMILES string of the molecule is Nc1cnc(Nc2ccc(Br)c(Cl)c2)c(C(=O)O)c1. The maximum atomic E-state index is 11.1. The Kier molecular flexibility index (Phi) is 3.92. The second-order valence-electron chi connectivity index (χ2n) is 3.72. The molecule has 2 aromatic rings. The highest BCUT2D eigenvalue weighted by molar-refractivity contribution is 9.10. The number of hydrogen-bond acceptors (Lipinski definition) is 4. The number of nitrogens with zero attached hydrogens (tertiary/aromatic N) is 1. The number of anilines is 3. The molecular weight excluding hydrogens is 334 g/mol. The summed E-state index contributed by atoms with van der Waals surface area (Å²) in [4.78, 5) is 15.1. The van der Waals surface area contributed by atoms with Crippen molar-refractivity contribution < 1.29 is 9.90 Å². The van der Waals surface area contributed by atoms with Crippen molar-refractivity contribution in [2.45, 2.75) is 0 Å². The summed E-state index contributed by atoms with van der Waals surface area (Å²) in [5.74, 6) is -0.898. The van der Waals surface area contributed by atoms with Crippen LogP contribution in [0.2, 0.25) is 5.02 Å². The van der Waals surface area contributed by atoms with Crippen LogP contribution in [0.3, 0.4) is 0 Å². The molecule has 0 aliphatic rings. The second-order valence-corrected chi connectivity index (χ2v) is 4.99. The molecule has 19 heavy (non-hydrogen) atoms. The summed E-state index contributed by atoms with van der Waals surface area (Å²) in [6.07, 6.45) is 1.38. The lowest BCUT2D eigenvalue weighted by Crippen LogP contribution is -2.06. The van der Waals surface area contributed by atoms with Gasteiger partial charge in [-0.1, -0.05) is 11.6 Å². The molecule has 1 heterocycles. The molecule has 0 atom stereocenters. The summed E-state index contributed by atoms with van der Waals surface area (Å²) in [5.41, 5.74) is 6.44. The molecule has 2 rings (SSSR count). The molecule has 4 N–H and O–H groups in total. The maximum absolute atomic E-state index is 11.1. The summed E-state index contributed by atoms with van der Waals surface area (Å²) >= 11 is 9.24. The normalized spacial score (nSPS) is 10.2. The lowest BCUT2D eigenvalue weighted by atomic mass is 10.2. The highest BCUT2D eigenvalue weighted by Crippen LogP contribution is 2.28. The number of aromatic nitrogens is 1. The maximum Gasteiger partial charge on any atom is 0.339 e. The number of aromatic carboxylic acids is 1. The molecule has 0 spiro atoms. The van der Waals surface area contributed by atoms with E-state index in [-0.39, 0.29) is 17.1 Å². The number of nitrogens with one attached hydrogen (secondary N) is 1. The quantitative estimate of drug-likeness (QED) is 0.794. The van der Waals surface area contributed by atoms with Gasteiger partial charge in [-0.05, 0) is 40.2 Å². The van der Waals surface area contributed by atoms with Gasteiger partial charge in [-0.3, -0.25) is 0 Å². The minimum atomic E-state index is -1.11. The molecule has 7 heteroatoms. The van der Waals surface area contributed by atoms with Crippen molar-refractivity contribution in [1.29, 1.82) is 0 Å². The molecule has 98 valence electrons. The van der Waals surface area contributed by atoms with Crippen LogP contribution in [0.4, 0.5) is 17.2 Å². The second kappa shape index (κ2) is 5.46. The summed E-state index contributed by atoms with van der Waals surface area (Å²) in [5, 5.41) is 12.5. The topological polar surface area (TPSA) is 88.2 Å². The molecule has 0 aliphatic carbocycles. The van der Waals surface area contributed by atoms with E-state index in [1.807, 2.05) is 0 Å². The zero-order chi connectivity index (χ0) is 14.0. The third kappa shape index (κ3) is 3.15. The fourth-order valence-corrected chi connectivity index (χ4v) is 1.88. The first-order valence-electron chi connectivity index (χ1n) is 5.18. The average molecular weight is 343 g/mol. The molecule has 5 nitrogen and oxygen atoms in total. The fourth-order valence-electron chi connectivity index (χ4n) is 1.45. The number of pyridine rings is 1. The molecule has 1 aromatic heterocycles. The van der Waals surface area contributed by atoms with Gasteiger partial charge < -0.3 is 16.2 Å². The van der Waals surface area contributed by atoms with E-state index in [1.165, 1.54) is 12.3 Å². The van der Waals surface area contributed by atoms with Gasteiger partial charge >= 0.3 is 5.97 Å². The van der Waals surface area contributed by atoms with Gasteiger partial charge in [0.15, 0.2) is 0 Å². The standard InChI is InChI=1S/C12H9BrClN3O2/c13-9-2-1-7(4-10(9)14)17-11-8(12(18)19)3-6(15)5-16-11/h1-5H,15H2,(H,16,17)(H,18,19). The zero-order valence-corrected chi connectivity index (χ0v) is 11.9. The summed E-state index contributed by atoms with van der Waals surface area (Å²) in [6, 6.07) is 6.51. The number of carboxylic acids is 1. The van der Waals surface area contributed by atoms with E-state index in [0.717, 1.165) is 4.47 Å². The largest absolute Gasteiger partial charge is 0.478 e. The lowest BCUT2D eigenvalue weighted by Gasteiger charge is -2.09. The number of carboxylic acid groups (broad SMARTS) is 1. The molecule has 0 saturated carbocycles. The Balaban J connectivity index is 2.37. The third-order valence-electron chi connectivity index (χ3n) is 2.32. The van der Waals surface area contributed by atoms with Crippen molar-refractivity contribution in [1.82, 2.24) is 4.98 Å². The molecule has 1 aromatic carbocycles. The molecule has 0 unspecified atom stereocenters. The van der Waals surface area contributed by atoms with Crippen molar-refractivity contribution in [3.05, 3.63) is 45.5 Å². The highest BCUT2D eigenvalue weighted by atomic mass is 79.9. The Morgan fingerprint density at radius 2 is 2.16 bits per heavy atom. The summed E-state index contributed by atoms with van der Waals surface area (Å²) in [7, 11) is 0. The third-order valence-corrected chi connectivity index (χ3v) is 3.55. The van der Waals surface area contributed by atoms with Crippen LogP contribution in [-0.2, 0) is 0 Å². The fraction of sp³-hybridized carbons (Fsp3) is 0. The first kappa shape index (κ1) is 13.6. The molecule has 0 fully saturated rings. The first-order valence-corrected chi connectivity index (χ1v) is 6.35. The van der Waals surface area contributed by atoms with Gasteiger partial charge in [0.1, 0.15) is 11.4 Å². The lowest BCUT2D eigenvalue weighted by molar-refractivity contribution is 0.0697. The Morgan fingerprint density at radius 3 is 2.79 bits per heavy atom. The van der Waals surface area contributed by atoms with Crippen LogP contribution in [-0.4, -0.2) is 16.1 Å². The van der Waals surface area contributed by atoms with E-state index in [1.54, 1.807) is 18.2 Å². The number of nitrogen functional groups attached to an aromatic ring is 1. The Labute approximate surface area is 122 Å². The molecule has 0 saturated heterocycles. The monoisotopic (exact) mass is 341 g/mol. The number of hydrogen-bond donors (Lipinski definition) is 3. The number of rotatable bonds is 3. The van der Waals surface area contributed by atoms with Crippen LogP contribution in [0.5, 0.6) is 0 Å². The Hall–Kier alpha value is -1.79. The number of halogens is 2. The number of carbonyl (C=O) groups is 1. The Bertz CT molecular complexity index is 649. The molecule has 0 amide bonds.